The van der Waals surface area contributed by atoms with Crippen LogP contribution in [0.2, 0.25) is 0 Å². The predicted octanol–water partition coefficient (Wildman–Crippen LogP) is 5.80. The summed E-state index contributed by atoms with van der Waals surface area (Å²) in [5.41, 5.74) is 3.12. The Morgan fingerprint density at radius 1 is 0.787 bits per heavy atom. The second kappa shape index (κ2) is 12.9. The lowest BCUT2D eigenvalue weighted by Crippen LogP contribution is -2.56. The highest BCUT2D eigenvalue weighted by Gasteiger charge is 2.50. The highest BCUT2D eigenvalue weighted by molar-refractivity contribution is 6.08. The van der Waals surface area contributed by atoms with Crippen LogP contribution in [-0.4, -0.2) is 46.6 Å². The van der Waals surface area contributed by atoms with E-state index in [0.717, 1.165) is 17.7 Å². The number of likely N-dealkylation sites (tertiary alicyclic amines) is 1. The van der Waals surface area contributed by atoms with Gasteiger partial charge in [0.25, 0.3) is 11.5 Å². The Bertz CT molecular complexity index is 1950. The Morgan fingerprint density at radius 2 is 1.36 bits per heavy atom. The number of carbonyl (C=O) groups is 2. The highest BCUT2D eigenvalue weighted by atomic mass is 16.2. The smallest absolute Gasteiger partial charge is 0.263 e. The normalized spacial score (nSPS) is 16.7. The van der Waals surface area contributed by atoms with Crippen LogP contribution >= 0.6 is 0 Å². The first kappa shape index (κ1) is 30.4. The first-order chi connectivity index (χ1) is 23.0. The molecule has 8 heteroatoms. The summed E-state index contributed by atoms with van der Waals surface area (Å²) >= 11 is 0. The standard InChI is InChI=1S/C39H39N5O3/c1-2-33(28-14-6-3-7-15-28)41-36(45)35-31-20-12-13-21-32(31)37(46)44(30-18-10-5-11-19-30)34(35)26-42-24-22-39(23-25-42)38(47)40-27-43(39)29-16-8-4-9-17-29/h3-21,33H,2,22-27H2,1H3,(H,40,47)(H,41,45)/t33-/m0/s1. The fourth-order valence-electron chi connectivity index (χ4n) is 7.31. The molecule has 0 aliphatic carbocycles. The van der Waals surface area contributed by atoms with Gasteiger partial charge in [-0.05, 0) is 55.2 Å². The van der Waals surface area contributed by atoms with Crippen LogP contribution in [0.15, 0.2) is 120 Å². The van der Waals surface area contributed by atoms with Gasteiger partial charge in [-0.25, -0.2) is 0 Å². The van der Waals surface area contributed by atoms with Gasteiger partial charge in [-0.2, -0.15) is 0 Å². The number of pyridine rings is 1. The minimum atomic E-state index is -0.634. The molecule has 0 radical (unpaired) electrons. The van der Waals surface area contributed by atoms with E-state index in [1.807, 2.05) is 109 Å². The van der Waals surface area contributed by atoms with Gasteiger partial charge in [-0.3, -0.25) is 23.9 Å². The molecule has 2 amide bonds. The maximum atomic E-state index is 14.5. The molecular formula is C39H39N5O3. The maximum absolute atomic E-state index is 14.5. The van der Waals surface area contributed by atoms with Crippen LogP contribution in [0, 0.1) is 0 Å². The number of nitrogens with one attached hydrogen (secondary N) is 2. The predicted molar refractivity (Wildman–Crippen MR) is 186 cm³/mol. The Morgan fingerprint density at radius 3 is 2.00 bits per heavy atom. The van der Waals surface area contributed by atoms with Gasteiger partial charge in [0, 0.05) is 41.8 Å². The Balaban J connectivity index is 1.29. The van der Waals surface area contributed by atoms with Gasteiger partial charge in [0.15, 0.2) is 0 Å². The second-order valence-electron chi connectivity index (χ2n) is 12.4. The number of amides is 2. The van der Waals surface area contributed by atoms with Crippen molar-refractivity contribution in [2.75, 3.05) is 24.7 Å². The molecule has 2 aliphatic rings. The number of nitrogens with zero attached hydrogens (tertiary/aromatic N) is 3. The van der Waals surface area contributed by atoms with E-state index in [-0.39, 0.29) is 23.4 Å². The molecule has 2 N–H and O–H groups in total. The third kappa shape index (κ3) is 5.59. The Kier molecular flexibility index (Phi) is 8.35. The molecule has 1 aromatic heterocycles. The lowest BCUT2D eigenvalue weighted by atomic mass is 9.85. The van der Waals surface area contributed by atoms with Crippen LogP contribution in [0.25, 0.3) is 16.5 Å². The number of para-hydroxylation sites is 2. The number of anilines is 1. The number of benzene rings is 4. The lowest BCUT2D eigenvalue weighted by Gasteiger charge is -2.43. The fourth-order valence-corrected chi connectivity index (χ4v) is 7.31. The number of hydrogen-bond acceptors (Lipinski definition) is 5. The zero-order chi connectivity index (χ0) is 32.4. The van der Waals surface area contributed by atoms with E-state index in [2.05, 4.69) is 27.4 Å². The molecule has 1 spiro atoms. The van der Waals surface area contributed by atoms with Gasteiger partial charge in [0.1, 0.15) is 5.54 Å². The summed E-state index contributed by atoms with van der Waals surface area (Å²) < 4.78 is 1.71. The molecule has 8 nitrogen and oxygen atoms in total. The molecule has 47 heavy (non-hydrogen) atoms. The molecule has 7 rings (SSSR count). The summed E-state index contributed by atoms with van der Waals surface area (Å²) in [5.74, 6) is -0.157. The summed E-state index contributed by atoms with van der Waals surface area (Å²) in [6.07, 6.45) is 1.98. The minimum Gasteiger partial charge on any atom is -0.345 e. The molecule has 238 valence electrons. The second-order valence-corrected chi connectivity index (χ2v) is 12.4. The maximum Gasteiger partial charge on any atom is 0.263 e. The van der Waals surface area contributed by atoms with Gasteiger partial charge >= 0.3 is 0 Å². The first-order valence-corrected chi connectivity index (χ1v) is 16.4. The van der Waals surface area contributed by atoms with Gasteiger partial charge < -0.3 is 15.5 Å². The van der Waals surface area contributed by atoms with Crippen molar-refractivity contribution in [3.63, 3.8) is 0 Å². The Hall–Kier alpha value is -5.21. The van der Waals surface area contributed by atoms with Crippen LogP contribution in [0.1, 0.15) is 53.8 Å². The van der Waals surface area contributed by atoms with Crippen molar-refractivity contribution < 1.29 is 9.59 Å². The van der Waals surface area contributed by atoms with E-state index in [1.54, 1.807) is 10.6 Å². The van der Waals surface area contributed by atoms with Crippen molar-refractivity contribution in [1.82, 2.24) is 20.1 Å². The number of carbonyl (C=O) groups excluding carboxylic acids is 2. The van der Waals surface area contributed by atoms with Crippen molar-refractivity contribution >= 4 is 28.3 Å². The lowest BCUT2D eigenvalue weighted by molar-refractivity contribution is -0.125. The quantitative estimate of drug-likeness (QED) is 0.228. The number of fused-ring (bicyclic) bond motifs is 1. The highest BCUT2D eigenvalue weighted by Crippen LogP contribution is 2.37. The molecule has 5 aromatic rings. The minimum absolute atomic E-state index is 0.0551. The molecule has 0 bridgehead atoms. The average molecular weight is 626 g/mol. The monoisotopic (exact) mass is 625 g/mol. The van der Waals surface area contributed by atoms with Crippen molar-refractivity contribution in [3.8, 4) is 5.69 Å². The van der Waals surface area contributed by atoms with Crippen molar-refractivity contribution in [2.24, 2.45) is 0 Å². The van der Waals surface area contributed by atoms with Crippen LogP contribution in [-0.2, 0) is 11.3 Å². The van der Waals surface area contributed by atoms with Gasteiger partial charge in [0.05, 0.1) is 24.0 Å². The molecular weight excluding hydrogens is 586 g/mol. The fraction of sp³-hybridized carbons (Fsp3) is 0.256. The number of hydrogen-bond donors (Lipinski definition) is 2. The van der Waals surface area contributed by atoms with Gasteiger partial charge in [-0.1, -0.05) is 91.9 Å². The SMILES string of the molecule is CC[C@H](NC(=O)c1c(CN2CCC3(CC2)C(=O)NCN3c2ccccc2)n(-c2ccccc2)c(=O)c2ccccc12)c1ccccc1. The molecule has 0 saturated carbocycles. The topological polar surface area (TPSA) is 86.7 Å². The van der Waals surface area contributed by atoms with Gasteiger partial charge in [-0.15, -0.1) is 0 Å². The van der Waals surface area contributed by atoms with E-state index in [9.17, 15) is 14.4 Å². The van der Waals surface area contributed by atoms with Crippen LogP contribution < -0.4 is 21.1 Å². The number of piperidine rings is 1. The summed E-state index contributed by atoms with van der Waals surface area (Å²) in [5, 5.41) is 7.52. The molecule has 4 aromatic carbocycles. The molecule has 1 atom stereocenters. The van der Waals surface area contributed by atoms with Crippen molar-refractivity contribution in [2.45, 2.75) is 44.3 Å². The average Bonchev–Trinajstić information content (AvgIpc) is 3.43. The summed E-state index contributed by atoms with van der Waals surface area (Å²) in [6.45, 7) is 4.18. The molecule has 2 saturated heterocycles. The summed E-state index contributed by atoms with van der Waals surface area (Å²) in [4.78, 5) is 46.6. The zero-order valence-electron chi connectivity index (χ0n) is 26.6. The summed E-state index contributed by atoms with van der Waals surface area (Å²) in [6, 6.07) is 36.8. The van der Waals surface area contributed by atoms with Crippen molar-refractivity contribution in [3.05, 3.63) is 142 Å². The summed E-state index contributed by atoms with van der Waals surface area (Å²) in [7, 11) is 0. The van der Waals surface area contributed by atoms with E-state index in [1.165, 1.54) is 0 Å². The van der Waals surface area contributed by atoms with E-state index < -0.39 is 5.54 Å². The van der Waals surface area contributed by atoms with Crippen molar-refractivity contribution in [1.29, 1.82) is 0 Å². The molecule has 2 aliphatic heterocycles. The third-order valence-corrected chi connectivity index (χ3v) is 9.81. The number of rotatable bonds is 8. The van der Waals surface area contributed by atoms with Crippen LogP contribution in [0.4, 0.5) is 5.69 Å². The van der Waals surface area contributed by atoms with Crippen LogP contribution in [0.5, 0.6) is 0 Å². The molecule has 0 unspecified atom stereocenters. The van der Waals surface area contributed by atoms with E-state index >= 15 is 0 Å². The van der Waals surface area contributed by atoms with Gasteiger partial charge in [0.2, 0.25) is 5.91 Å². The first-order valence-electron chi connectivity index (χ1n) is 16.4. The van der Waals surface area contributed by atoms with E-state index in [0.29, 0.717) is 66.9 Å². The zero-order valence-corrected chi connectivity index (χ0v) is 26.6. The third-order valence-electron chi connectivity index (χ3n) is 9.81. The number of aromatic nitrogens is 1. The van der Waals surface area contributed by atoms with Crippen LogP contribution in [0.3, 0.4) is 0 Å². The Labute approximate surface area is 274 Å². The molecule has 2 fully saturated rings. The molecule has 3 heterocycles. The van der Waals surface area contributed by atoms with E-state index in [4.69, 9.17) is 0 Å². The largest absolute Gasteiger partial charge is 0.345 e.